The summed E-state index contributed by atoms with van der Waals surface area (Å²) in [5, 5.41) is 13.5. The van der Waals surface area contributed by atoms with E-state index in [1.165, 1.54) is 24.2 Å². The SMILES string of the molecule is COC(c1nc(-c2cc(C(=O)O)cs2)cs1)C1CC1. The highest BCUT2D eigenvalue weighted by molar-refractivity contribution is 7.14. The largest absolute Gasteiger partial charge is 0.478 e. The second kappa shape index (κ2) is 5.03. The second-order valence-corrected chi connectivity index (χ2v) is 6.37. The van der Waals surface area contributed by atoms with Gasteiger partial charge in [0.15, 0.2) is 0 Å². The first-order valence-electron chi connectivity index (χ1n) is 5.99. The van der Waals surface area contributed by atoms with Crippen LogP contribution in [-0.4, -0.2) is 23.2 Å². The van der Waals surface area contributed by atoms with E-state index in [1.54, 1.807) is 29.9 Å². The van der Waals surface area contributed by atoms with E-state index < -0.39 is 5.97 Å². The first-order valence-corrected chi connectivity index (χ1v) is 7.75. The minimum atomic E-state index is -0.897. The van der Waals surface area contributed by atoms with Gasteiger partial charge in [0, 0.05) is 17.9 Å². The molecule has 0 aromatic carbocycles. The summed E-state index contributed by atoms with van der Waals surface area (Å²) in [6, 6.07) is 1.67. The minimum absolute atomic E-state index is 0.0951. The Hall–Kier alpha value is -1.24. The highest BCUT2D eigenvalue weighted by atomic mass is 32.1. The highest BCUT2D eigenvalue weighted by Crippen LogP contribution is 2.44. The molecule has 0 amide bonds. The summed E-state index contributed by atoms with van der Waals surface area (Å²) in [7, 11) is 1.72. The number of carboxylic acid groups (broad SMARTS) is 1. The fourth-order valence-electron chi connectivity index (χ4n) is 2.01. The summed E-state index contributed by atoms with van der Waals surface area (Å²) in [4.78, 5) is 16.4. The zero-order valence-electron chi connectivity index (χ0n) is 10.3. The second-order valence-electron chi connectivity index (χ2n) is 4.57. The Morgan fingerprint density at radius 2 is 2.26 bits per heavy atom. The molecule has 0 aliphatic heterocycles. The molecule has 1 aliphatic carbocycles. The van der Waals surface area contributed by atoms with Crippen molar-refractivity contribution in [2.75, 3.05) is 7.11 Å². The first kappa shape index (κ1) is 12.8. The maximum Gasteiger partial charge on any atom is 0.336 e. The highest BCUT2D eigenvalue weighted by Gasteiger charge is 2.34. The number of aromatic carboxylic acids is 1. The van der Waals surface area contributed by atoms with Crippen molar-refractivity contribution in [3.8, 4) is 10.6 Å². The number of nitrogens with zero attached hydrogens (tertiary/aromatic N) is 1. The van der Waals surface area contributed by atoms with Gasteiger partial charge in [-0.1, -0.05) is 0 Å². The molecule has 1 aliphatic rings. The van der Waals surface area contributed by atoms with Crippen LogP contribution in [0.4, 0.5) is 0 Å². The predicted octanol–water partition coefficient (Wildman–Crippen LogP) is 3.67. The van der Waals surface area contributed by atoms with E-state index in [4.69, 9.17) is 9.84 Å². The van der Waals surface area contributed by atoms with Gasteiger partial charge in [0.1, 0.15) is 11.1 Å². The van der Waals surface area contributed by atoms with E-state index in [0.717, 1.165) is 15.6 Å². The Kier molecular flexibility index (Phi) is 3.38. The number of ether oxygens (including phenoxy) is 1. The van der Waals surface area contributed by atoms with E-state index in [1.807, 2.05) is 5.38 Å². The molecule has 0 bridgehead atoms. The fourth-order valence-corrected chi connectivity index (χ4v) is 3.91. The molecule has 100 valence electrons. The molecule has 3 rings (SSSR count). The van der Waals surface area contributed by atoms with Crippen molar-refractivity contribution in [3.63, 3.8) is 0 Å². The molecular weight excluding hydrogens is 282 g/mol. The maximum absolute atomic E-state index is 10.9. The van der Waals surface area contributed by atoms with Gasteiger partial charge in [-0.3, -0.25) is 0 Å². The van der Waals surface area contributed by atoms with Crippen LogP contribution in [0.25, 0.3) is 10.6 Å². The molecule has 0 spiro atoms. The van der Waals surface area contributed by atoms with Gasteiger partial charge in [-0.2, -0.15) is 0 Å². The van der Waals surface area contributed by atoms with E-state index in [0.29, 0.717) is 11.5 Å². The normalized spacial score (nSPS) is 16.5. The van der Waals surface area contributed by atoms with Crippen LogP contribution in [0, 0.1) is 5.92 Å². The van der Waals surface area contributed by atoms with Crippen molar-refractivity contribution < 1.29 is 14.6 Å². The van der Waals surface area contributed by atoms with Crippen LogP contribution in [0.3, 0.4) is 0 Å². The number of carbonyl (C=O) groups is 1. The molecule has 19 heavy (non-hydrogen) atoms. The van der Waals surface area contributed by atoms with Gasteiger partial charge < -0.3 is 9.84 Å². The lowest BCUT2D eigenvalue weighted by Crippen LogP contribution is -2.02. The number of thiophene rings is 1. The third kappa shape index (κ3) is 2.56. The van der Waals surface area contributed by atoms with Crippen LogP contribution in [-0.2, 0) is 4.74 Å². The van der Waals surface area contributed by atoms with Crippen molar-refractivity contribution in [2.24, 2.45) is 5.92 Å². The zero-order chi connectivity index (χ0) is 13.4. The average Bonchev–Trinajstić information content (AvgIpc) is 2.93. The molecule has 1 unspecified atom stereocenters. The fraction of sp³-hybridized carbons (Fsp3) is 0.385. The Morgan fingerprint density at radius 1 is 1.47 bits per heavy atom. The van der Waals surface area contributed by atoms with Gasteiger partial charge in [0.2, 0.25) is 0 Å². The van der Waals surface area contributed by atoms with Crippen molar-refractivity contribution >= 4 is 28.6 Å². The Bertz CT molecular complexity index is 601. The van der Waals surface area contributed by atoms with Crippen LogP contribution in [0.5, 0.6) is 0 Å². The number of rotatable bonds is 5. The molecule has 1 N–H and O–H groups in total. The lowest BCUT2D eigenvalue weighted by molar-refractivity contribution is 0.0697. The van der Waals surface area contributed by atoms with Crippen LogP contribution in [0.1, 0.15) is 34.3 Å². The Labute approximate surface area is 118 Å². The van der Waals surface area contributed by atoms with Gasteiger partial charge in [0.25, 0.3) is 0 Å². The summed E-state index contributed by atoms with van der Waals surface area (Å²) in [6.45, 7) is 0. The van der Waals surface area contributed by atoms with Crippen molar-refractivity contribution in [2.45, 2.75) is 18.9 Å². The maximum atomic E-state index is 10.9. The monoisotopic (exact) mass is 295 g/mol. The quantitative estimate of drug-likeness (QED) is 0.914. The summed E-state index contributed by atoms with van der Waals surface area (Å²) in [6.07, 6.45) is 2.50. The van der Waals surface area contributed by atoms with E-state index in [9.17, 15) is 4.79 Å². The zero-order valence-corrected chi connectivity index (χ0v) is 12.0. The Morgan fingerprint density at radius 3 is 2.84 bits per heavy atom. The summed E-state index contributed by atoms with van der Waals surface area (Å²) < 4.78 is 5.51. The van der Waals surface area contributed by atoms with Crippen LogP contribution >= 0.6 is 22.7 Å². The number of hydrogen-bond acceptors (Lipinski definition) is 5. The van der Waals surface area contributed by atoms with Gasteiger partial charge in [-0.15, -0.1) is 22.7 Å². The summed E-state index contributed by atoms with van der Waals surface area (Å²) in [5.41, 5.74) is 1.17. The molecule has 6 heteroatoms. The van der Waals surface area contributed by atoms with Crippen molar-refractivity contribution in [3.05, 3.63) is 27.4 Å². The van der Waals surface area contributed by atoms with E-state index in [-0.39, 0.29) is 6.10 Å². The topological polar surface area (TPSA) is 59.4 Å². The predicted molar refractivity (Wildman–Crippen MR) is 74.9 cm³/mol. The van der Waals surface area contributed by atoms with Gasteiger partial charge in [0.05, 0.1) is 16.1 Å². The molecule has 1 atom stereocenters. The molecule has 4 nitrogen and oxygen atoms in total. The summed E-state index contributed by atoms with van der Waals surface area (Å²) in [5.74, 6) is -0.299. The van der Waals surface area contributed by atoms with Gasteiger partial charge in [-0.25, -0.2) is 9.78 Å². The molecule has 1 fully saturated rings. The van der Waals surface area contributed by atoms with E-state index >= 15 is 0 Å². The summed E-state index contributed by atoms with van der Waals surface area (Å²) >= 11 is 3.00. The first-order chi connectivity index (χ1) is 9.19. The Balaban J connectivity index is 1.85. The van der Waals surface area contributed by atoms with Crippen molar-refractivity contribution in [1.82, 2.24) is 4.98 Å². The van der Waals surface area contributed by atoms with Gasteiger partial charge >= 0.3 is 5.97 Å². The average molecular weight is 295 g/mol. The molecular formula is C13H13NO3S2. The molecule has 0 saturated heterocycles. The van der Waals surface area contributed by atoms with Crippen molar-refractivity contribution in [1.29, 1.82) is 0 Å². The number of hydrogen-bond donors (Lipinski definition) is 1. The molecule has 0 radical (unpaired) electrons. The standard InChI is InChI=1S/C13H13NO3S2/c1-17-11(7-2-3-7)12-14-9(6-19-12)10-4-8(5-18-10)13(15)16/h4-7,11H,2-3H2,1H3,(H,15,16). The third-order valence-corrected chi connectivity index (χ3v) is 5.03. The third-order valence-electron chi connectivity index (χ3n) is 3.17. The van der Waals surface area contributed by atoms with Crippen LogP contribution in [0.2, 0.25) is 0 Å². The number of methoxy groups -OCH3 is 1. The number of thiazole rings is 1. The smallest absolute Gasteiger partial charge is 0.336 e. The van der Waals surface area contributed by atoms with E-state index in [2.05, 4.69) is 4.98 Å². The lowest BCUT2D eigenvalue weighted by Gasteiger charge is -2.10. The van der Waals surface area contributed by atoms with Gasteiger partial charge in [-0.05, 0) is 24.8 Å². The van der Waals surface area contributed by atoms with Crippen LogP contribution in [0.15, 0.2) is 16.8 Å². The van der Waals surface area contributed by atoms with Crippen LogP contribution < -0.4 is 0 Å². The lowest BCUT2D eigenvalue weighted by atomic mass is 10.2. The number of aromatic nitrogens is 1. The molecule has 2 aromatic heterocycles. The number of carboxylic acids is 1. The molecule has 2 heterocycles. The molecule has 1 saturated carbocycles. The molecule has 2 aromatic rings. The minimum Gasteiger partial charge on any atom is -0.478 e.